The Morgan fingerprint density at radius 1 is 1.29 bits per heavy atom. The number of carboxylic acid groups (broad SMARTS) is 1. The summed E-state index contributed by atoms with van der Waals surface area (Å²) in [7, 11) is 3.48. The normalized spacial score (nSPS) is 16.6. The van der Waals surface area contributed by atoms with Crippen molar-refractivity contribution in [3.8, 4) is 0 Å². The minimum atomic E-state index is -5.08. The van der Waals surface area contributed by atoms with Crippen LogP contribution in [0.2, 0.25) is 0 Å². The first-order valence-electron chi connectivity index (χ1n) is 9.25. The lowest BCUT2D eigenvalue weighted by Crippen LogP contribution is -2.32. The van der Waals surface area contributed by atoms with Gasteiger partial charge in [0.05, 0.1) is 19.7 Å². The molecule has 3 heterocycles. The van der Waals surface area contributed by atoms with Crippen LogP contribution in [0.3, 0.4) is 0 Å². The molecule has 1 aliphatic heterocycles. The zero-order valence-electron chi connectivity index (χ0n) is 17.1. The first kappa shape index (κ1) is 24.8. The van der Waals surface area contributed by atoms with E-state index in [1.807, 2.05) is 24.0 Å². The summed E-state index contributed by atoms with van der Waals surface area (Å²) in [5.74, 6) is -1.38. The van der Waals surface area contributed by atoms with E-state index in [1.54, 1.807) is 30.3 Å². The highest BCUT2D eigenvalue weighted by molar-refractivity contribution is 7.09. The third-order valence-electron chi connectivity index (χ3n) is 4.30. The Labute approximate surface area is 181 Å². The van der Waals surface area contributed by atoms with E-state index in [0.29, 0.717) is 12.5 Å². The van der Waals surface area contributed by atoms with Crippen molar-refractivity contribution < 1.29 is 32.6 Å². The number of nitrogens with zero attached hydrogens (tertiary/aromatic N) is 5. The summed E-state index contributed by atoms with van der Waals surface area (Å²) in [4.78, 5) is 33.3. The Kier molecular flexibility index (Phi) is 8.95. The zero-order chi connectivity index (χ0) is 23.0. The number of thiazole rings is 1. The van der Waals surface area contributed by atoms with E-state index in [0.717, 1.165) is 37.0 Å². The molecule has 0 fully saturated rings. The van der Waals surface area contributed by atoms with Crippen molar-refractivity contribution in [1.29, 1.82) is 0 Å². The molecule has 0 bridgehead atoms. The van der Waals surface area contributed by atoms with Crippen LogP contribution in [0.4, 0.5) is 13.2 Å². The van der Waals surface area contributed by atoms with Gasteiger partial charge in [-0.15, -0.1) is 11.3 Å². The number of aliphatic carboxylic acids is 1. The second-order valence-corrected chi connectivity index (χ2v) is 8.04. The Hall–Kier alpha value is -2.51. The monoisotopic (exact) mass is 463 g/mol. The molecule has 1 atom stereocenters. The van der Waals surface area contributed by atoms with Gasteiger partial charge in [0.2, 0.25) is 5.91 Å². The van der Waals surface area contributed by atoms with E-state index < -0.39 is 12.1 Å². The Morgan fingerprint density at radius 3 is 2.58 bits per heavy atom. The van der Waals surface area contributed by atoms with Gasteiger partial charge in [-0.25, -0.2) is 14.8 Å². The molecule has 3 rings (SSSR count). The molecule has 1 unspecified atom stereocenters. The van der Waals surface area contributed by atoms with Crippen LogP contribution in [0.5, 0.6) is 0 Å². The maximum absolute atomic E-state index is 11.7. The number of halogens is 3. The van der Waals surface area contributed by atoms with Gasteiger partial charge in [0, 0.05) is 57.1 Å². The average Bonchev–Trinajstić information content (AvgIpc) is 3.30. The number of imidazole rings is 1. The molecule has 13 heteroatoms. The fourth-order valence-corrected chi connectivity index (χ4v) is 3.47. The molecule has 1 aliphatic rings. The first-order valence-corrected chi connectivity index (χ1v) is 10.1. The third kappa shape index (κ3) is 8.26. The van der Waals surface area contributed by atoms with Crippen molar-refractivity contribution >= 4 is 23.2 Å². The molecule has 2 aromatic heterocycles. The summed E-state index contributed by atoms with van der Waals surface area (Å²) in [5.41, 5.74) is 0. The number of carbonyl (C=O) groups is 2. The summed E-state index contributed by atoms with van der Waals surface area (Å²) in [5, 5.41) is 10.2. The van der Waals surface area contributed by atoms with E-state index in [4.69, 9.17) is 14.6 Å². The van der Waals surface area contributed by atoms with Crippen molar-refractivity contribution in [2.45, 2.75) is 25.8 Å². The van der Waals surface area contributed by atoms with E-state index in [1.165, 1.54) is 0 Å². The maximum Gasteiger partial charge on any atom is 0.490 e. The van der Waals surface area contributed by atoms with Gasteiger partial charge in [0.1, 0.15) is 17.4 Å². The second kappa shape index (κ2) is 11.2. The van der Waals surface area contributed by atoms with Crippen LogP contribution in [-0.2, 0) is 34.0 Å². The number of likely N-dealkylation sites (N-methyl/N-ethyl adjacent to an activating group) is 1. The summed E-state index contributed by atoms with van der Waals surface area (Å²) in [6.45, 7) is 4.08. The molecular formula is C18H24F3N5O4S. The molecule has 9 nitrogen and oxygen atoms in total. The molecule has 1 amide bonds. The lowest BCUT2D eigenvalue weighted by molar-refractivity contribution is -0.192. The minimum Gasteiger partial charge on any atom is -0.475 e. The number of carbonyl (C=O) groups excluding carboxylic acids is 1. The van der Waals surface area contributed by atoms with Crippen LogP contribution >= 0.6 is 11.3 Å². The van der Waals surface area contributed by atoms with Gasteiger partial charge in [-0.3, -0.25) is 9.69 Å². The number of amides is 1. The van der Waals surface area contributed by atoms with Crippen LogP contribution in [-0.4, -0.2) is 81.3 Å². The van der Waals surface area contributed by atoms with Crippen molar-refractivity contribution in [3.63, 3.8) is 0 Å². The average molecular weight is 463 g/mol. The molecule has 31 heavy (non-hydrogen) atoms. The number of hydrogen-bond acceptors (Lipinski definition) is 7. The molecule has 0 aliphatic carbocycles. The van der Waals surface area contributed by atoms with Crippen LogP contribution < -0.4 is 0 Å². The highest BCUT2D eigenvalue weighted by atomic mass is 32.1. The SMILES string of the molecule is CN(C)C(=O)COCC1CN(Cc2nccs2)Cc2nccn2C1.O=C(O)C(F)(F)F. The molecule has 0 radical (unpaired) electrons. The van der Waals surface area contributed by atoms with Gasteiger partial charge >= 0.3 is 12.1 Å². The maximum atomic E-state index is 11.7. The van der Waals surface area contributed by atoms with E-state index in [2.05, 4.69) is 19.4 Å². The minimum absolute atomic E-state index is 0.00779. The van der Waals surface area contributed by atoms with Crippen molar-refractivity contribution in [2.24, 2.45) is 5.92 Å². The number of rotatable bonds is 6. The molecule has 0 saturated heterocycles. The highest BCUT2D eigenvalue weighted by Crippen LogP contribution is 2.19. The lowest BCUT2D eigenvalue weighted by Gasteiger charge is -2.23. The Balaban J connectivity index is 0.000000423. The third-order valence-corrected chi connectivity index (χ3v) is 5.07. The number of fused-ring (bicyclic) bond motifs is 1. The predicted octanol–water partition coefficient (Wildman–Crippen LogP) is 1.71. The van der Waals surface area contributed by atoms with Crippen LogP contribution in [0.25, 0.3) is 0 Å². The molecule has 2 aromatic rings. The molecule has 1 N–H and O–H groups in total. The standard InChI is InChI=1S/C16H23N5O2S.C2HF3O2/c1-19(2)16(22)12-23-11-13-7-20(10-15-18-4-6-24-15)9-14-17-3-5-21(14)8-13;3-2(4,5)1(6)7/h3-6,13H,7-12H2,1-2H3;(H,6,7). The van der Waals surface area contributed by atoms with Crippen molar-refractivity contribution in [2.75, 3.05) is 33.9 Å². The smallest absolute Gasteiger partial charge is 0.475 e. The highest BCUT2D eigenvalue weighted by Gasteiger charge is 2.38. The summed E-state index contributed by atoms with van der Waals surface area (Å²) < 4.78 is 39.6. The van der Waals surface area contributed by atoms with Crippen LogP contribution in [0.1, 0.15) is 10.8 Å². The molecule has 0 spiro atoms. The van der Waals surface area contributed by atoms with Gasteiger partial charge in [-0.2, -0.15) is 13.2 Å². The first-order chi connectivity index (χ1) is 14.6. The largest absolute Gasteiger partial charge is 0.490 e. The van der Waals surface area contributed by atoms with Crippen LogP contribution in [0, 0.1) is 5.92 Å². The number of alkyl halides is 3. The molecule has 0 aromatic carbocycles. The predicted molar refractivity (Wildman–Crippen MR) is 105 cm³/mol. The molecular weight excluding hydrogens is 439 g/mol. The summed E-state index contributed by atoms with van der Waals surface area (Å²) in [6, 6.07) is 0. The zero-order valence-corrected chi connectivity index (χ0v) is 17.9. The van der Waals surface area contributed by atoms with E-state index in [-0.39, 0.29) is 12.5 Å². The quantitative estimate of drug-likeness (QED) is 0.696. The lowest BCUT2D eigenvalue weighted by atomic mass is 10.1. The van der Waals surface area contributed by atoms with Crippen LogP contribution in [0.15, 0.2) is 24.0 Å². The Bertz CT molecular complexity index is 842. The summed E-state index contributed by atoms with van der Waals surface area (Å²) >= 11 is 1.67. The van der Waals surface area contributed by atoms with Gasteiger partial charge < -0.3 is 19.3 Å². The van der Waals surface area contributed by atoms with Gasteiger partial charge in [-0.1, -0.05) is 0 Å². The number of carboxylic acids is 1. The van der Waals surface area contributed by atoms with Gasteiger partial charge in [0.15, 0.2) is 0 Å². The molecule has 0 saturated carbocycles. The van der Waals surface area contributed by atoms with E-state index >= 15 is 0 Å². The fraction of sp³-hybridized carbons (Fsp3) is 0.556. The topological polar surface area (TPSA) is 101 Å². The van der Waals surface area contributed by atoms with E-state index in [9.17, 15) is 18.0 Å². The number of hydrogen-bond donors (Lipinski definition) is 1. The molecule has 172 valence electrons. The van der Waals surface area contributed by atoms with Gasteiger partial charge in [0.25, 0.3) is 0 Å². The second-order valence-electron chi connectivity index (χ2n) is 7.06. The number of aromatic nitrogens is 3. The van der Waals surface area contributed by atoms with Crippen molar-refractivity contribution in [3.05, 3.63) is 34.8 Å². The van der Waals surface area contributed by atoms with Gasteiger partial charge in [-0.05, 0) is 0 Å². The van der Waals surface area contributed by atoms with Crippen molar-refractivity contribution in [1.82, 2.24) is 24.3 Å². The summed E-state index contributed by atoms with van der Waals surface area (Å²) in [6.07, 6.45) is 0.613. The Morgan fingerprint density at radius 2 is 2.00 bits per heavy atom. The fourth-order valence-electron chi connectivity index (χ4n) is 2.81. The number of ether oxygens (including phenoxy) is 1.